The Morgan fingerprint density at radius 2 is 1.69 bits per heavy atom. The Labute approximate surface area is 209 Å². The van der Waals surface area contributed by atoms with Gasteiger partial charge in [0.05, 0.1) is 36.5 Å². The number of hydrogen-bond acceptors (Lipinski definition) is 6. The number of rotatable bonds is 8. The second-order valence-corrected chi connectivity index (χ2v) is 8.21. The highest BCUT2D eigenvalue weighted by Gasteiger charge is 2.47. The fourth-order valence-electron chi connectivity index (χ4n) is 4.14. The van der Waals surface area contributed by atoms with Gasteiger partial charge in [-0.15, -0.1) is 0 Å². The molecule has 36 heavy (non-hydrogen) atoms. The lowest BCUT2D eigenvalue weighted by Gasteiger charge is -2.26. The van der Waals surface area contributed by atoms with Crippen LogP contribution in [0.4, 0.5) is 5.69 Å². The predicted molar refractivity (Wildman–Crippen MR) is 136 cm³/mol. The molecule has 1 N–H and O–H groups in total. The molecule has 1 unspecified atom stereocenters. The number of amides is 1. The molecule has 0 aliphatic carbocycles. The summed E-state index contributed by atoms with van der Waals surface area (Å²) in [6.45, 7) is 4.89. The third-order valence-electron chi connectivity index (χ3n) is 5.80. The molecule has 0 radical (unpaired) electrons. The van der Waals surface area contributed by atoms with E-state index in [0.29, 0.717) is 47.1 Å². The fraction of sp³-hybridized carbons (Fsp3) is 0.207. The Bertz CT molecular complexity index is 1340. The molecule has 0 aromatic heterocycles. The summed E-state index contributed by atoms with van der Waals surface area (Å²) in [5.41, 5.74) is 1.84. The molecule has 1 atom stereocenters. The maximum atomic E-state index is 13.3. The average molecular weight is 483 g/mol. The predicted octanol–water partition coefficient (Wildman–Crippen LogP) is 5.37. The molecule has 0 saturated carbocycles. The summed E-state index contributed by atoms with van der Waals surface area (Å²) in [4.78, 5) is 28.0. The van der Waals surface area contributed by atoms with Crippen molar-refractivity contribution in [2.45, 2.75) is 26.3 Å². The van der Waals surface area contributed by atoms with Crippen molar-refractivity contribution in [3.05, 3.63) is 95.1 Å². The van der Waals surface area contributed by atoms with Crippen LogP contribution >= 0.6 is 0 Å². The van der Waals surface area contributed by atoms with Crippen LogP contribution in [-0.4, -0.2) is 30.0 Å². The van der Waals surface area contributed by atoms with Crippen LogP contribution in [0.5, 0.6) is 11.5 Å². The number of hydrogen-bond donors (Lipinski definition) is 1. The summed E-state index contributed by atoms with van der Waals surface area (Å²) >= 11 is 0. The monoisotopic (exact) mass is 482 g/mol. The van der Waals surface area contributed by atoms with E-state index in [2.05, 4.69) is 6.07 Å². The zero-order chi connectivity index (χ0) is 25.7. The van der Waals surface area contributed by atoms with Crippen molar-refractivity contribution in [3.63, 3.8) is 0 Å². The van der Waals surface area contributed by atoms with Crippen LogP contribution in [-0.2, 0) is 9.59 Å². The fourth-order valence-corrected chi connectivity index (χ4v) is 4.14. The van der Waals surface area contributed by atoms with Gasteiger partial charge in [0.1, 0.15) is 17.3 Å². The highest BCUT2D eigenvalue weighted by Crippen LogP contribution is 2.43. The Morgan fingerprint density at radius 1 is 0.972 bits per heavy atom. The Morgan fingerprint density at radius 3 is 2.33 bits per heavy atom. The average Bonchev–Trinajstić information content (AvgIpc) is 3.18. The van der Waals surface area contributed by atoms with Crippen molar-refractivity contribution in [3.8, 4) is 17.6 Å². The van der Waals surface area contributed by atoms with Crippen molar-refractivity contribution in [2.75, 3.05) is 18.1 Å². The van der Waals surface area contributed by atoms with Crippen molar-refractivity contribution >= 4 is 23.1 Å². The Balaban J connectivity index is 1.87. The van der Waals surface area contributed by atoms with E-state index >= 15 is 0 Å². The highest BCUT2D eigenvalue weighted by atomic mass is 16.5. The lowest BCUT2D eigenvalue weighted by molar-refractivity contribution is -0.132. The van der Waals surface area contributed by atoms with Crippen LogP contribution in [0.25, 0.3) is 5.76 Å². The summed E-state index contributed by atoms with van der Waals surface area (Å²) in [5.74, 6) is -0.615. The molecule has 7 nitrogen and oxygen atoms in total. The molecule has 182 valence electrons. The molecular weight excluding hydrogens is 456 g/mol. The second kappa shape index (κ2) is 10.8. The second-order valence-electron chi connectivity index (χ2n) is 8.21. The number of nitrogens with zero attached hydrogens (tertiary/aromatic N) is 2. The summed E-state index contributed by atoms with van der Waals surface area (Å²) in [6.07, 6.45) is 0.825. The molecule has 1 amide bonds. The van der Waals surface area contributed by atoms with Gasteiger partial charge >= 0.3 is 0 Å². The number of anilines is 1. The van der Waals surface area contributed by atoms with E-state index in [4.69, 9.17) is 14.7 Å². The topological polar surface area (TPSA) is 99.9 Å². The maximum absolute atomic E-state index is 13.3. The first-order valence-electron chi connectivity index (χ1n) is 11.8. The first-order chi connectivity index (χ1) is 17.5. The minimum atomic E-state index is -0.894. The highest BCUT2D eigenvalue weighted by molar-refractivity contribution is 6.51. The SMILES string of the molecule is CCCOc1cccc(C2/C(=C(/O)c3ccc(OCC)cc3)C(=O)C(=O)N2c2ccc(C#N)cc2)c1. The number of ketones is 1. The number of Topliss-reactive ketones (excluding diaryl/α,β-unsaturated/α-hetero) is 1. The van der Waals surface area contributed by atoms with Gasteiger partial charge in [0, 0.05) is 11.3 Å². The molecular formula is C29H26N2O5. The lowest BCUT2D eigenvalue weighted by atomic mass is 9.95. The van der Waals surface area contributed by atoms with E-state index in [1.807, 2.05) is 13.8 Å². The van der Waals surface area contributed by atoms with Crippen LogP contribution < -0.4 is 14.4 Å². The van der Waals surface area contributed by atoms with Gasteiger partial charge in [-0.1, -0.05) is 19.1 Å². The third kappa shape index (κ3) is 4.80. The van der Waals surface area contributed by atoms with Crippen molar-refractivity contribution in [1.29, 1.82) is 5.26 Å². The third-order valence-corrected chi connectivity index (χ3v) is 5.80. The summed E-state index contributed by atoms with van der Waals surface area (Å²) < 4.78 is 11.2. The van der Waals surface area contributed by atoms with E-state index in [9.17, 15) is 14.7 Å². The number of benzene rings is 3. The quantitative estimate of drug-likeness (QED) is 0.263. The largest absolute Gasteiger partial charge is 0.507 e. The van der Waals surface area contributed by atoms with Crippen LogP contribution in [0.2, 0.25) is 0 Å². The summed E-state index contributed by atoms with van der Waals surface area (Å²) in [7, 11) is 0. The van der Waals surface area contributed by atoms with Gasteiger partial charge in [0.15, 0.2) is 0 Å². The minimum absolute atomic E-state index is 0.0267. The van der Waals surface area contributed by atoms with Crippen LogP contribution in [0.3, 0.4) is 0 Å². The first kappa shape index (κ1) is 24.6. The normalized spacial score (nSPS) is 16.6. The van der Waals surface area contributed by atoms with Gasteiger partial charge in [-0.25, -0.2) is 0 Å². The van der Waals surface area contributed by atoms with Crippen LogP contribution in [0.15, 0.2) is 78.4 Å². The molecule has 1 saturated heterocycles. The van der Waals surface area contributed by atoms with Gasteiger partial charge < -0.3 is 14.6 Å². The maximum Gasteiger partial charge on any atom is 0.300 e. The molecule has 3 aromatic rings. The number of carbonyl (C=O) groups is 2. The van der Waals surface area contributed by atoms with Gasteiger partial charge in [0.25, 0.3) is 11.7 Å². The molecule has 7 heteroatoms. The standard InChI is InChI=1S/C29H26N2O5/c1-3-16-36-24-7-5-6-21(17-24)26-25(27(32)20-10-14-23(15-11-20)35-4-2)28(33)29(34)31(26)22-12-8-19(18-30)9-13-22/h5-15,17,26,32H,3-4,16H2,1-2H3/b27-25-. The van der Waals surface area contributed by atoms with Gasteiger partial charge in [-0.05, 0) is 79.6 Å². The van der Waals surface area contributed by atoms with E-state index < -0.39 is 17.7 Å². The van der Waals surface area contributed by atoms with Gasteiger partial charge in [-0.3, -0.25) is 14.5 Å². The molecule has 1 aliphatic heterocycles. The van der Waals surface area contributed by atoms with E-state index in [-0.39, 0.29) is 11.3 Å². The number of aliphatic hydroxyl groups is 1. The molecule has 1 heterocycles. The first-order valence-corrected chi connectivity index (χ1v) is 11.8. The number of nitriles is 1. The molecule has 3 aromatic carbocycles. The molecule has 1 aliphatic rings. The zero-order valence-electron chi connectivity index (χ0n) is 20.1. The molecule has 1 fully saturated rings. The summed E-state index contributed by atoms with van der Waals surface area (Å²) in [5, 5.41) is 20.4. The Kier molecular flexibility index (Phi) is 7.36. The minimum Gasteiger partial charge on any atom is -0.507 e. The van der Waals surface area contributed by atoms with E-state index in [0.717, 1.165) is 6.42 Å². The van der Waals surface area contributed by atoms with Crippen molar-refractivity contribution in [1.82, 2.24) is 0 Å². The van der Waals surface area contributed by atoms with Crippen molar-refractivity contribution < 1.29 is 24.2 Å². The summed E-state index contributed by atoms with van der Waals surface area (Å²) in [6, 6.07) is 21.4. The smallest absolute Gasteiger partial charge is 0.300 e. The zero-order valence-corrected chi connectivity index (χ0v) is 20.1. The van der Waals surface area contributed by atoms with Crippen molar-refractivity contribution in [2.24, 2.45) is 0 Å². The van der Waals surface area contributed by atoms with Gasteiger partial charge in [-0.2, -0.15) is 5.26 Å². The number of ether oxygens (including phenoxy) is 2. The Hall–Kier alpha value is -4.57. The van der Waals surface area contributed by atoms with E-state index in [1.54, 1.807) is 72.8 Å². The number of carbonyl (C=O) groups excluding carboxylic acids is 2. The molecule has 4 rings (SSSR count). The van der Waals surface area contributed by atoms with Crippen LogP contribution in [0, 0.1) is 11.3 Å². The molecule has 0 bridgehead atoms. The number of aliphatic hydroxyl groups excluding tert-OH is 1. The molecule has 0 spiro atoms. The lowest BCUT2D eigenvalue weighted by Crippen LogP contribution is -2.29. The van der Waals surface area contributed by atoms with Gasteiger partial charge in [0.2, 0.25) is 0 Å². The van der Waals surface area contributed by atoms with E-state index in [1.165, 1.54) is 4.90 Å². The van der Waals surface area contributed by atoms with Crippen LogP contribution in [0.1, 0.15) is 43.0 Å².